The molecule has 0 aromatic carbocycles. The second kappa shape index (κ2) is 8.98. The van der Waals surface area contributed by atoms with E-state index in [0.29, 0.717) is 17.8 Å². The summed E-state index contributed by atoms with van der Waals surface area (Å²) in [5.74, 6) is 0.801. The van der Waals surface area contributed by atoms with Crippen molar-refractivity contribution in [2.45, 2.75) is 102 Å². The van der Waals surface area contributed by atoms with E-state index in [1.54, 1.807) is 4.90 Å². The highest BCUT2D eigenvalue weighted by molar-refractivity contribution is 5.93. The number of rotatable bonds is 5. The molecule has 1 aromatic heterocycles. The summed E-state index contributed by atoms with van der Waals surface area (Å²) in [7, 11) is 3.69. The molecular formula is C23H38N4O. The molecule has 5 heteroatoms. The van der Waals surface area contributed by atoms with Gasteiger partial charge in [0.25, 0.3) is 5.91 Å². The van der Waals surface area contributed by atoms with Gasteiger partial charge >= 0.3 is 0 Å². The predicted molar refractivity (Wildman–Crippen MR) is 113 cm³/mol. The maximum Gasteiger partial charge on any atom is 0.274 e. The van der Waals surface area contributed by atoms with Gasteiger partial charge in [0.05, 0.1) is 0 Å². The van der Waals surface area contributed by atoms with Crippen LogP contribution in [0.5, 0.6) is 0 Å². The normalized spacial score (nSPS) is 24.1. The molecule has 3 aliphatic rings. The number of nitrogens with zero attached hydrogens (tertiary/aromatic N) is 3. The number of amides is 1. The van der Waals surface area contributed by atoms with Crippen LogP contribution < -0.4 is 5.32 Å². The van der Waals surface area contributed by atoms with Gasteiger partial charge in [-0.05, 0) is 50.9 Å². The molecule has 1 heterocycles. The molecule has 0 bridgehead atoms. The average Bonchev–Trinajstić information content (AvgIpc) is 3.06. The van der Waals surface area contributed by atoms with Crippen LogP contribution in [-0.4, -0.2) is 46.8 Å². The number of fused-ring (bicyclic) bond motifs is 1. The third kappa shape index (κ3) is 4.45. The molecule has 0 saturated heterocycles. The first-order chi connectivity index (χ1) is 13.6. The van der Waals surface area contributed by atoms with Gasteiger partial charge in [-0.1, -0.05) is 38.5 Å². The maximum absolute atomic E-state index is 12.8. The quantitative estimate of drug-likeness (QED) is 0.834. The molecule has 156 valence electrons. The number of hydrogen-bond acceptors (Lipinski definition) is 3. The summed E-state index contributed by atoms with van der Waals surface area (Å²) in [6.45, 7) is 1.00. The Hall–Kier alpha value is -1.36. The summed E-state index contributed by atoms with van der Waals surface area (Å²) in [5.41, 5.74) is 3.29. The van der Waals surface area contributed by atoms with E-state index < -0.39 is 0 Å². The van der Waals surface area contributed by atoms with Crippen LogP contribution in [0.3, 0.4) is 0 Å². The summed E-state index contributed by atoms with van der Waals surface area (Å²) in [5, 5.41) is 8.81. The Bertz CT molecular complexity index is 668. The molecule has 1 amide bonds. The van der Waals surface area contributed by atoms with E-state index in [4.69, 9.17) is 5.10 Å². The summed E-state index contributed by atoms with van der Waals surface area (Å²) in [6.07, 6.45) is 16.7. The zero-order valence-corrected chi connectivity index (χ0v) is 17.9. The summed E-state index contributed by atoms with van der Waals surface area (Å²) < 4.78 is 2.22. The van der Waals surface area contributed by atoms with Crippen LogP contribution in [0.4, 0.5) is 0 Å². The van der Waals surface area contributed by atoms with Crippen LogP contribution in [0.25, 0.3) is 0 Å². The number of carbonyl (C=O) groups excluding carboxylic acids is 1. The zero-order valence-electron chi connectivity index (χ0n) is 17.9. The van der Waals surface area contributed by atoms with Crippen LogP contribution in [-0.2, 0) is 19.4 Å². The van der Waals surface area contributed by atoms with E-state index >= 15 is 0 Å². The Morgan fingerprint density at radius 2 is 1.68 bits per heavy atom. The van der Waals surface area contributed by atoms with Crippen LogP contribution in [0.15, 0.2) is 0 Å². The third-order valence-corrected chi connectivity index (χ3v) is 7.19. The van der Waals surface area contributed by atoms with Crippen LogP contribution >= 0.6 is 0 Å². The second-order valence-electron chi connectivity index (χ2n) is 9.60. The molecule has 28 heavy (non-hydrogen) atoms. The lowest BCUT2D eigenvalue weighted by Gasteiger charge is -2.31. The number of carbonyl (C=O) groups is 1. The first-order valence-electron chi connectivity index (χ1n) is 11.7. The third-order valence-electron chi connectivity index (χ3n) is 7.19. The highest BCUT2D eigenvalue weighted by Crippen LogP contribution is 2.30. The first-order valence-corrected chi connectivity index (χ1v) is 11.7. The van der Waals surface area contributed by atoms with E-state index in [-0.39, 0.29) is 5.91 Å². The Morgan fingerprint density at radius 1 is 1.00 bits per heavy atom. The topological polar surface area (TPSA) is 50.2 Å². The molecule has 1 atom stereocenters. The van der Waals surface area contributed by atoms with Gasteiger partial charge in [-0.15, -0.1) is 0 Å². The fraction of sp³-hybridized carbons (Fsp3) is 0.826. The minimum Gasteiger partial charge on any atom is -0.343 e. The minimum atomic E-state index is 0.0666. The van der Waals surface area contributed by atoms with Crippen molar-refractivity contribution in [3.8, 4) is 0 Å². The summed E-state index contributed by atoms with van der Waals surface area (Å²) >= 11 is 0. The highest BCUT2D eigenvalue weighted by Gasteiger charge is 2.31. The Morgan fingerprint density at radius 3 is 2.36 bits per heavy atom. The van der Waals surface area contributed by atoms with E-state index in [1.807, 2.05) is 14.1 Å². The fourth-order valence-electron chi connectivity index (χ4n) is 5.58. The van der Waals surface area contributed by atoms with Gasteiger partial charge in [0, 0.05) is 44.0 Å². The van der Waals surface area contributed by atoms with Crippen LogP contribution in [0.1, 0.15) is 92.4 Å². The highest BCUT2D eigenvalue weighted by atomic mass is 16.2. The molecule has 1 N–H and O–H groups in total. The number of hydrogen-bond donors (Lipinski definition) is 1. The van der Waals surface area contributed by atoms with Crippen molar-refractivity contribution >= 4 is 5.91 Å². The van der Waals surface area contributed by atoms with Crippen molar-refractivity contribution in [2.75, 3.05) is 14.1 Å². The molecule has 1 aromatic rings. The van der Waals surface area contributed by atoms with Gasteiger partial charge in [0.15, 0.2) is 5.69 Å². The Balaban J connectivity index is 1.52. The summed E-state index contributed by atoms with van der Waals surface area (Å²) in [4.78, 5) is 14.5. The smallest absolute Gasteiger partial charge is 0.274 e. The molecule has 0 aliphatic heterocycles. The Labute approximate surface area is 170 Å². The van der Waals surface area contributed by atoms with Gasteiger partial charge in [-0.2, -0.15) is 5.10 Å². The lowest BCUT2D eigenvalue weighted by Crippen LogP contribution is -2.43. The first kappa shape index (κ1) is 19.9. The van der Waals surface area contributed by atoms with Gasteiger partial charge < -0.3 is 10.2 Å². The largest absolute Gasteiger partial charge is 0.343 e. The second-order valence-corrected chi connectivity index (χ2v) is 9.60. The molecule has 5 nitrogen and oxygen atoms in total. The monoisotopic (exact) mass is 386 g/mol. The molecule has 2 saturated carbocycles. The minimum absolute atomic E-state index is 0.0666. The van der Waals surface area contributed by atoms with E-state index in [9.17, 15) is 4.79 Å². The van der Waals surface area contributed by atoms with Crippen LogP contribution in [0, 0.1) is 5.92 Å². The average molecular weight is 387 g/mol. The maximum atomic E-state index is 12.8. The van der Waals surface area contributed by atoms with Gasteiger partial charge in [-0.3, -0.25) is 9.48 Å². The van der Waals surface area contributed by atoms with Crippen molar-refractivity contribution in [1.29, 1.82) is 0 Å². The number of aromatic nitrogens is 2. The van der Waals surface area contributed by atoms with Crippen molar-refractivity contribution in [3.63, 3.8) is 0 Å². The molecule has 0 unspecified atom stereocenters. The van der Waals surface area contributed by atoms with E-state index in [1.165, 1.54) is 81.9 Å². The fourth-order valence-corrected chi connectivity index (χ4v) is 5.58. The summed E-state index contributed by atoms with van der Waals surface area (Å²) in [6, 6.07) is 1.17. The molecule has 4 rings (SSSR count). The van der Waals surface area contributed by atoms with Gasteiger partial charge in [0.2, 0.25) is 0 Å². The molecule has 0 spiro atoms. The van der Waals surface area contributed by atoms with Crippen LogP contribution in [0.2, 0.25) is 0 Å². The standard InChI is InChI=1S/C23H38N4O/c1-26(2)23(28)22-20-15-19(24-18-11-7-4-8-12-18)13-14-21(20)27(25-22)16-17-9-5-3-6-10-17/h17-19,24H,3-16H2,1-2H3/t19-/m0/s1. The SMILES string of the molecule is CN(C)C(=O)c1nn(CC2CCCCC2)c2c1C[C@@H](NC1CCCCC1)CC2. The van der Waals surface area contributed by atoms with Crippen molar-refractivity contribution in [2.24, 2.45) is 5.92 Å². The molecule has 2 fully saturated rings. The van der Waals surface area contributed by atoms with Crippen molar-refractivity contribution < 1.29 is 4.79 Å². The van der Waals surface area contributed by atoms with E-state index in [0.717, 1.165) is 25.3 Å². The van der Waals surface area contributed by atoms with Crippen molar-refractivity contribution in [1.82, 2.24) is 20.0 Å². The lowest BCUT2D eigenvalue weighted by atomic mass is 9.87. The zero-order chi connectivity index (χ0) is 19.5. The Kier molecular flexibility index (Phi) is 6.39. The molecule has 3 aliphatic carbocycles. The molecule has 0 radical (unpaired) electrons. The predicted octanol–water partition coefficient (Wildman–Crippen LogP) is 3.94. The van der Waals surface area contributed by atoms with Gasteiger partial charge in [0.1, 0.15) is 0 Å². The van der Waals surface area contributed by atoms with Gasteiger partial charge in [-0.25, -0.2) is 0 Å². The van der Waals surface area contributed by atoms with Crippen molar-refractivity contribution in [3.05, 3.63) is 17.0 Å². The molecular weight excluding hydrogens is 348 g/mol. The number of nitrogens with one attached hydrogen (secondary N) is 1. The lowest BCUT2D eigenvalue weighted by molar-refractivity contribution is 0.0819. The van der Waals surface area contributed by atoms with E-state index in [2.05, 4.69) is 10.00 Å².